The van der Waals surface area contributed by atoms with Crippen LogP contribution in [-0.2, 0) is 0 Å². The summed E-state index contributed by atoms with van der Waals surface area (Å²) in [6.45, 7) is 10.2. The molecule has 7 heteroatoms. The van der Waals surface area contributed by atoms with E-state index in [0.717, 1.165) is 27.3 Å². The number of thiazole rings is 1. The molecule has 0 bridgehead atoms. The molecule has 0 atom stereocenters. The maximum atomic E-state index is 11.0. The Labute approximate surface area is 174 Å². The first-order chi connectivity index (χ1) is 13.8. The van der Waals surface area contributed by atoms with Crippen LogP contribution < -0.4 is 4.80 Å². The van der Waals surface area contributed by atoms with Gasteiger partial charge in [0, 0.05) is 29.1 Å². The molecule has 1 aromatic heterocycles. The molecule has 0 amide bonds. The molecule has 0 fully saturated rings. The molecule has 1 heterocycles. The number of hydrogen-bond donors (Lipinski definition) is 0. The SMILES string of the molecule is CC(=Nn1c(-c2ccc([N+](=O)[O-])cc2)csc1=NC(C)C)c1ccc(C)c(C)c1. The molecule has 0 saturated carbocycles. The normalized spacial score (nSPS) is 12.6. The van der Waals surface area contributed by atoms with Crippen molar-refractivity contribution in [2.24, 2.45) is 10.1 Å². The highest BCUT2D eigenvalue weighted by molar-refractivity contribution is 7.07. The molecule has 0 aliphatic heterocycles. The highest BCUT2D eigenvalue weighted by atomic mass is 32.1. The van der Waals surface area contributed by atoms with Crippen molar-refractivity contribution in [1.29, 1.82) is 0 Å². The van der Waals surface area contributed by atoms with Crippen molar-refractivity contribution in [3.05, 3.63) is 79.5 Å². The number of hydrogen-bond acceptors (Lipinski definition) is 5. The molecule has 0 saturated heterocycles. The zero-order valence-electron chi connectivity index (χ0n) is 17.2. The second kappa shape index (κ2) is 8.53. The first-order valence-electron chi connectivity index (χ1n) is 9.38. The summed E-state index contributed by atoms with van der Waals surface area (Å²) in [5.74, 6) is 0. The van der Waals surface area contributed by atoms with Gasteiger partial charge in [-0.05, 0) is 69.5 Å². The fraction of sp³-hybridized carbons (Fsp3) is 0.273. The lowest BCUT2D eigenvalue weighted by atomic mass is 10.0. The van der Waals surface area contributed by atoms with Gasteiger partial charge in [-0.15, -0.1) is 11.3 Å². The minimum Gasteiger partial charge on any atom is -0.258 e. The number of benzene rings is 2. The van der Waals surface area contributed by atoms with Gasteiger partial charge in [0.2, 0.25) is 4.80 Å². The second-order valence-electron chi connectivity index (χ2n) is 7.23. The molecular weight excluding hydrogens is 384 g/mol. The van der Waals surface area contributed by atoms with E-state index in [9.17, 15) is 10.1 Å². The predicted octanol–water partition coefficient (Wildman–Crippen LogP) is 5.32. The maximum absolute atomic E-state index is 11.0. The van der Waals surface area contributed by atoms with Crippen molar-refractivity contribution in [2.75, 3.05) is 0 Å². The van der Waals surface area contributed by atoms with E-state index in [2.05, 4.69) is 32.0 Å². The van der Waals surface area contributed by atoms with Gasteiger partial charge in [0.25, 0.3) is 5.69 Å². The van der Waals surface area contributed by atoms with Crippen molar-refractivity contribution < 1.29 is 4.92 Å². The molecular formula is C22H24N4O2S. The number of nitro groups is 1. The third-order valence-corrected chi connectivity index (χ3v) is 5.43. The van der Waals surface area contributed by atoms with E-state index < -0.39 is 4.92 Å². The van der Waals surface area contributed by atoms with Gasteiger partial charge in [-0.25, -0.2) is 4.68 Å². The molecule has 3 rings (SSSR count). The van der Waals surface area contributed by atoms with Crippen LogP contribution in [0.3, 0.4) is 0 Å². The molecule has 0 aliphatic carbocycles. The summed E-state index contributed by atoms with van der Waals surface area (Å²) in [5.41, 5.74) is 6.16. The van der Waals surface area contributed by atoms with Crippen LogP contribution in [0, 0.1) is 24.0 Å². The van der Waals surface area contributed by atoms with Crippen LogP contribution in [0.4, 0.5) is 5.69 Å². The molecule has 3 aromatic rings. The molecule has 29 heavy (non-hydrogen) atoms. The van der Waals surface area contributed by atoms with E-state index in [0.29, 0.717) is 0 Å². The Hall–Kier alpha value is -3.06. The van der Waals surface area contributed by atoms with Gasteiger partial charge in [-0.1, -0.05) is 12.1 Å². The molecule has 0 aliphatic rings. The Morgan fingerprint density at radius 2 is 1.79 bits per heavy atom. The molecule has 6 nitrogen and oxygen atoms in total. The lowest BCUT2D eigenvalue weighted by molar-refractivity contribution is -0.384. The Kier molecular flexibility index (Phi) is 6.08. The van der Waals surface area contributed by atoms with Gasteiger partial charge in [0.1, 0.15) is 0 Å². The smallest absolute Gasteiger partial charge is 0.258 e. The van der Waals surface area contributed by atoms with Crippen molar-refractivity contribution >= 4 is 22.7 Å². The zero-order valence-corrected chi connectivity index (χ0v) is 18.0. The van der Waals surface area contributed by atoms with Crippen LogP contribution >= 0.6 is 11.3 Å². The second-order valence-corrected chi connectivity index (χ2v) is 8.06. The number of rotatable bonds is 5. The molecule has 0 radical (unpaired) electrons. The van der Waals surface area contributed by atoms with Gasteiger partial charge in [0.05, 0.1) is 16.3 Å². The largest absolute Gasteiger partial charge is 0.269 e. The average Bonchev–Trinajstić information content (AvgIpc) is 3.05. The Morgan fingerprint density at radius 3 is 2.38 bits per heavy atom. The minimum atomic E-state index is -0.396. The summed E-state index contributed by atoms with van der Waals surface area (Å²) in [6.07, 6.45) is 0. The van der Waals surface area contributed by atoms with E-state index >= 15 is 0 Å². The van der Waals surface area contributed by atoms with Gasteiger partial charge >= 0.3 is 0 Å². The third-order valence-electron chi connectivity index (χ3n) is 4.60. The van der Waals surface area contributed by atoms with Crippen LogP contribution in [0.2, 0.25) is 0 Å². The zero-order chi connectivity index (χ0) is 21.1. The molecule has 0 N–H and O–H groups in total. The van der Waals surface area contributed by atoms with E-state index in [1.165, 1.54) is 34.6 Å². The number of aromatic nitrogens is 1. The number of non-ortho nitro benzene ring substituents is 1. The lowest BCUT2D eigenvalue weighted by Crippen LogP contribution is -2.16. The van der Waals surface area contributed by atoms with Crippen LogP contribution in [-0.4, -0.2) is 21.4 Å². The fourth-order valence-corrected chi connectivity index (χ4v) is 3.80. The van der Waals surface area contributed by atoms with Crippen LogP contribution in [0.5, 0.6) is 0 Å². The Morgan fingerprint density at radius 1 is 1.10 bits per heavy atom. The highest BCUT2D eigenvalue weighted by Gasteiger charge is 2.12. The summed E-state index contributed by atoms with van der Waals surface area (Å²) >= 11 is 1.51. The Bertz CT molecular complexity index is 1140. The van der Waals surface area contributed by atoms with Gasteiger partial charge < -0.3 is 0 Å². The Balaban J connectivity index is 2.14. The fourth-order valence-electron chi connectivity index (χ4n) is 2.83. The summed E-state index contributed by atoms with van der Waals surface area (Å²) in [7, 11) is 0. The maximum Gasteiger partial charge on any atom is 0.269 e. The summed E-state index contributed by atoms with van der Waals surface area (Å²) < 4.78 is 1.83. The van der Waals surface area contributed by atoms with Crippen molar-refractivity contribution in [3.63, 3.8) is 0 Å². The van der Waals surface area contributed by atoms with E-state index in [-0.39, 0.29) is 11.7 Å². The van der Waals surface area contributed by atoms with Crippen LogP contribution in [0.15, 0.2) is 57.9 Å². The van der Waals surface area contributed by atoms with Gasteiger partial charge in [-0.2, -0.15) is 5.10 Å². The number of aryl methyl sites for hydroxylation is 2. The number of nitrogens with zero attached hydrogens (tertiary/aromatic N) is 4. The summed E-state index contributed by atoms with van der Waals surface area (Å²) in [4.78, 5) is 16.0. The summed E-state index contributed by atoms with van der Waals surface area (Å²) in [6, 6.07) is 12.9. The van der Waals surface area contributed by atoms with E-state index in [1.807, 2.05) is 30.8 Å². The third kappa shape index (κ3) is 4.68. The van der Waals surface area contributed by atoms with E-state index in [1.54, 1.807) is 12.1 Å². The average molecular weight is 409 g/mol. The number of nitro benzene ring substituents is 1. The van der Waals surface area contributed by atoms with Crippen molar-refractivity contribution in [3.8, 4) is 11.3 Å². The molecule has 150 valence electrons. The highest BCUT2D eigenvalue weighted by Crippen LogP contribution is 2.23. The van der Waals surface area contributed by atoms with Gasteiger partial charge in [-0.3, -0.25) is 15.1 Å². The van der Waals surface area contributed by atoms with E-state index in [4.69, 9.17) is 10.1 Å². The monoisotopic (exact) mass is 408 g/mol. The molecule has 2 aromatic carbocycles. The molecule has 0 unspecified atom stereocenters. The van der Waals surface area contributed by atoms with Gasteiger partial charge in [0.15, 0.2) is 0 Å². The van der Waals surface area contributed by atoms with Crippen LogP contribution in [0.1, 0.15) is 37.5 Å². The summed E-state index contributed by atoms with van der Waals surface area (Å²) in [5, 5.41) is 17.8. The first-order valence-corrected chi connectivity index (χ1v) is 10.3. The first kappa shape index (κ1) is 20.7. The van der Waals surface area contributed by atoms with Crippen LogP contribution in [0.25, 0.3) is 11.3 Å². The molecule has 0 spiro atoms. The standard InChI is InChI=1S/C22H24N4O2S/c1-14(2)23-22-25(24-17(5)19-7-6-15(3)16(4)12-19)21(13-29-22)18-8-10-20(11-9-18)26(27)28/h6-14H,1-5H3. The quantitative estimate of drug-likeness (QED) is 0.325. The topological polar surface area (TPSA) is 72.8 Å². The minimum absolute atomic E-state index is 0.0671. The van der Waals surface area contributed by atoms with Crippen molar-refractivity contribution in [1.82, 2.24) is 4.68 Å². The predicted molar refractivity (Wildman–Crippen MR) is 119 cm³/mol. The lowest BCUT2D eigenvalue weighted by Gasteiger charge is -2.08. The van der Waals surface area contributed by atoms with Crippen molar-refractivity contribution in [2.45, 2.75) is 40.7 Å².